The van der Waals surface area contributed by atoms with Crippen LogP contribution in [0, 0.1) is 0 Å². The highest BCUT2D eigenvalue weighted by atomic mass is 32.1. The van der Waals surface area contributed by atoms with Gasteiger partial charge in [-0.3, -0.25) is 0 Å². The number of hydrogen-bond acceptors (Lipinski definition) is 3. The number of rotatable bonds is 6. The van der Waals surface area contributed by atoms with Crippen molar-refractivity contribution in [2.45, 2.75) is 38.9 Å². The summed E-state index contributed by atoms with van der Waals surface area (Å²) in [6, 6.07) is 20.1. The molecular weight excluding hydrogens is 318 g/mol. The summed E-state index contributed by atoms with van der Waals surface area (Å²) in [7, 11) is -1.68. The van der Waals surface area contributed by atoms with Gasteiger partial charge in [-0.05, 0) is 42.4 Å². The monoisotopic (exact) mass is 341 g/mol. The molecule has 3 rings (SSSR count). The molecule has 0 aliphatic heterocycles. The molecule has 3 aromatic rings. The van der Waals surface area contributed by atoms with Crippen molar-refractivity contribution in [1.82, 2.24) is 4.98 Å². The molecule has 0 atom stereocenters. The van der Waals surface area contributed by atoms with Crippen LogP contribution in [0.3, 0.4) is 0 Å². The van der Waals surface area contributed by atoms with Crippen molar-refractivity contribution in [2.24, 2.45) is 0 Å². The lowest BCUT2D eigenvalue weighted by atomic mass is 10.2. The molecule has 0 aliphatic carbocycles. The Morgan fingerprint density at radius 2 is 1.57 bits per heavy atom. The van der Waals surface area contributed by atoms with Crippen molar-refractivity contribution in [1.29, 1.82) is 0 Å². The Morgan fingerprint density at radius 1 is 0.913 bits per heavy atom. The van der Waals surface area contributed by atoms with Crippen LogP contribution in [0.15, 0.2) is 48.5 Å². The molecule has 2 nitrogen and oxygen atoms in total. The first kappa shape index (κ1) is 16.2. The predicted molar refractivity (Wildman–Crippen MR) is 103 cm³/mol. The highest BCUT2D eigenvalue weighted by Gasteiger charge is 2.31. The van der Waals surface area contributed by atoms with Crippen LogP contribution in [-0.2, 0) is 0 Å². The van der Waals surface area contributed by atoms with Gasteiger partial charge >= 0.3 is 0 Å². The predicted octanol–water partition coefficient (Wildman–Crippen LogP) is 6.35. The van der Waals surface area contributed by atoms with Gasteiger partial charge in [-0.2, -0.15) is 0 Å². The quantitative estimate of drug-likeness (QED) is 0.487. The maximum absolute atomic E-state index is 6.64. The first-order valence-corrected chi connectivity index (χ1v) is 11.7. The molecule has 120 valence electrons. The lowest BCUT2D eigenvalue weighted by Crippen LogP contribution is -2.39. The summed E-state index contributed by atoms with van der Waals surface area (Å²) in [5.74, 6) is 1.00. The summed E-state index contributed by atoms with van der Waals surface area (Å²) < 4.78 is 7.86. The van der Waals surface area contributed by atoms with Gasteiger partial charge in [0.1, 0.15) is 10.8 Å². The van der Waals surface area contributed by atoms with Crippen LogP contribution < -0.4 is 4.43 Å². The zero-order valence-electron chi connectivity index (χ0n) is 14.0. The SMILES string of the molecule is CC[Si](CC)(CC)Oc1ccccc1-c1nc2ccccc2s1. The molecule has 0 saturated heterocycles. The molecule has 0 aliphatic rings. The van der Waals surface area contributed by atoms with E-state index in [1.54, 1.807) is 11.3 Å². The van der Waals surface area contributed by atoms with Gasteiger partial charge in [0.25, 0.3) is 8.32 Å². The van der Waals surface area contributed by atoms with Crippen molar-refractivity contribution in [3.8, 4) is 16.3 Å². The summed E-state index contributed by atoms with van der Waals surface area (Å²) in [6.45, 7) is 6.79. The van der Waals surface area contributed by atoms with Crippen LogP contribution in [0.25, 0.3) is 20.8 Å². The Bertz CT molecular complexity index is 753. The van der Waals surface area contributed by atoms with Crippen molar-refractivity contribution in [2.75, 3.05) is 0 Å². The summed E-state index contributed by atoms with van der Waals surface area (Å²) in [4.78, 5) is 4.81. The minimum atomic E-state index is -1.68. The Morgan fingerprint density at radius 3 is 2.26 bits per heavy atom. The van der Waals surface area contributed by atoms with Gasteiger partial charge in [0, 0.05) is 0 Å². The van der Waals surface area contributed by atoms with Crippen LogP contribution in [0.5, 0.6) is 5.75 Å². The molecule has 0 unspecified atom stereocenters. The van der Waals surface area contributed by atoms with Crippen molar-refractivity contribution in [3.05, 3.63) is 48.5 Å². The van der Waals surface area contributed by atoms with Gasteiger partial charge in [-0.25, -0.2) is 4.98 Å². The van der Waals surface area contributed by atoms with Crippen LogP contribution in [0.4, 0.5) is 0 Å². The standard InChI is InChI=1S/C19H23NOSSi/c1-4-23(5-2,6-3)21-17-13-9-7-11-15(17)19-20-16-12-8-10-14-18(16)22-19/h7-14H,4-6H2,1-3H3. The molecule has 0 radical (unpaired) electrons. The molecule has 0 fully saturated rings. The Hall–Kier alpha value is -1.65. The summed E-state index contributed by atoms with van der Waals surface area (Å²) >= 11 is 1.74. The van der Waals surface area contributed by atoms with E-state index >= 15 is 0 Å². The van der Waals surface area contributed by atoms with Gasteiger partial charge in [0.05, 0.1) is 15.8 Å². The summed E-state index contributed by atoms with van der Waals surface area (Å²) in [5, 5.41) is 1.05. The fourth-order valence-corrected chi connectivity index (χ4v) is 6.49. The smallest absolute Gasteiger partial charge is 0.250 e. The molecule has 1 heterocycles. The fourth-order valence-electron chi connectivity index (χ4n) is 2.92. The third kappa shape index (κ3) is 3.19. The first-order chi connectivity index (χ1) is 11.2. The highest BCUT2D eigenvalue weighted by molar-refractivity contribution is 7.21. The fraction of sp³-hybridized carbons (Fsp3) is 0.316. The number of hydrogen-bond donors (Lipinski definition) is 0. The average molecular weight is 342 g/mol. The molecular formula is C19H23NOSSi. The number of fused-ring (bicyclic) bond motifs is 1. The maximum Gasteiger partial charge on any atom is 0.250 e. The van der Waals surface area contributed by atoms with Gasteiger partial charge in [0.15, 0.2) is 0 Å². The Labute approximate surface area is 143 Å². The largest absolute Gasteiger partial charge is 0.543 e. The van der Waals surface area contributed by atoms with Crippen molar-refractivity contribution < 1.29 is 4.43 Å². The molecule has 0 bridgehead atoms. The van der Waals surface area contributed by atoms with E-state index < -0.39 is 8.32 Å². The van der Waals surface area contributed by atoms with E-state index in [0.29, 0.717) is 0 Å². The Kier molecular flexibility index (Phi) is 4.83. The van der Waals surface area contributed by atoms with E-state index in [-0.39, 0.29) is 0 Å². The minimum absolute atomic E-state index is 1.00. The third-order valence-electron chi connectivity index (χ3n) is 4.67. The molecule has 0 saturated carbocycles. The molecule has 4 heteroatoms. The second kappa shape index (κ2) is 6.85. The second-order valence-corrected chi connectivity index (χ2v) is 11.6. The lowest BCUT2D eigenvalue weighted by molar-refractivity contribution is 0.534. The highest BCUT2D eigenvalue weighted by Crippen LogP contribution is 2.37. The third-order valence-corrected chi connectivity index (χ3v) is 10.3. The van der Waals surface area contributed by atoms with E-state index in [4.69, 9.17) is 9.41 Å². The van der Waals surface area contributed by atoms with Crippen molar-refractivity contribution in [3.63, 3.8) is 0 Å². The van der Waals surface area contributed by atoms with Gasteiger partial charge in [-0.15, -0.1) is 11.3 Å². The maximum atomic E-state index is 6.64. The molecule has 0 amide bonds. The topological polar surface area (TPSA) is 22.1 Å². The zero-order chi connectivity index (χ0) is 16.3. The van der Waals surface area contributed by atoms with Crippen LogP contribution in [0.1, 0.15) is 20.8 Å². The number of para-hydroxylation sites is 2. The van der Waals surface area contributed by atoms with Crippen LogP contribution in [-0.4, -0.2) is 13.3 Å². The van der Waals surface area contributed by atoms with E-state index in [1.807, 2.05) is 6.07 Å². The second-order valence-electron chi connectivity index (χ2n) is 5.83. The lowest BCUT2D eigenvalue weighted by Gasteiger charge is -2.29. The molecule has 2 aromatic carbocycles. The minimum Gasteiger partial charge on any atom is -0.543 e. The number of aromatic nitrogens is 1. The van der Waals surface area contributed by atoms with Gasteiger partial charge in [-0.1, -0.05) is 45.0 Å². The van der Waals surface area contributed by atoms with E-state index in [1.165, 1.54) is 4.70 Å². The molecule has 0 spiro atoms. The first-order valence-electron chi connectivity index (χ1n) is 8.35. The molecule has 23 heavy (non-hydrogen) atoms. The Balaban J connectivity index is 2.03. The zero-order valence-corrected chi connectivity index (χ0v) is 15.8. The van der Waals surface area contributed by atoms with Gasteiger partial charge in [0.2, 0.25) is 0 Å². The number of thiazole rings is 1. The van der Waals surface area contributed by atoms with Crippen molar-refractivity contribution >= 4 is 29.9 Å². The normalized spacial score (nSPS) is 11.8. The summed E-state index contributed by atoms with van der Waals surface area (Å²) in [5.41, 5.74) is 2.19. The summed E-state index contributed by atoms with van der Waals surface area (Å²) in [6.07, 6.45) is 0. The van der Waals surface area contributed by atoms with Crippen LogP contribution >= 0.6 is 11.3 Å². The van der Waals surface area contributed by atoms with E-state index in [9.17, 15) is 0 Å². The number of benzene rings is 2. The van der Waals surface area contributed by atoms with Gasteiger partial charge < -0.3 is 4.43 Å². The number of nitrogens with zero attached hydrogens (tertiary/aromatic N) is 1. The molecule has 1 aromatic heterocycles. The van der Waals surface area contributed by atoms with E-state index in [0.717, 1.165) is 40.0 Å². The average Bonchev–Trinajstić information content (AvgIpc) is 3.04. The van der Waals surface area contributed by atoms with E-state index in [2.05, 4.69) is 63.2 Å². The molecule has 0 N–H and O–H groups in total. The van der Waals surface area contributed by atoms with Crippen LogP contribution in [0.2, 0.25) is 18.1 Å².